The molecule has 4 aliphatic carbocycles. The van der Waals surface area contributed by atoms with Crippen LogP contribution in [0.25, 0.3) is 0 Å². The standard InChI is InChI=1S/C33H46N2O11/c1-4-8-29-45-26-16-23-22-11-10-20-15-21(36)12-13-31(20,2)30(22)24(37)17-32(23,3)33(26,46-29)25(38)19-43-28(40)18-34-27(39)9-6-5-7-14-44-35(41)42/h12-13,15,22-24,26,29-30,37H,4-11,14,16-19H2,1-3H3,(H,34,39)/t22?,23?,24-,26+,29?,30?,31-,32-,33-/m0/s1. The molecule has 1 aliphatic heterocycles. The zero-order valence-corrected chi connectivity index (χ0v) is 26.9. The van der Waals surface area contributed by atoms with Crippen molar-refractivity contribution in [2.45, 2.75) is 109 Å². The summed E-state index contributed by atoms with van der Waals surface area (Å²) in [5.41, 5.74) is -1.59. The fraction of sp³-hybridized carbons (Fsp3) is 0.758. The third-order valence-electron chi connectivity index (χ3n) is 11.3. The van der Waals surface area contributed by atoms with Gasteiger partial charge in [-0.15, -0.1) is 10.1 Å². The number of ketones is 2. The van der Waals surface area contributed by atoms with E-state index < -0.39 is 64.9 Å². The van der Waals surface area contributed by atoms with E-state index in [2.05, 4.69) is 17.1 Å². The zero-order valence-electron chi connectivity index (χ0n) is 26.9. The summed E-state index contributed by atoms with van der Waals surface area (Å²) < 4.78 is 18.3. The van der Waals surface area contributed by atoms with E-state index in [0.717, 1.165) is 24.8 Å². The Morgan fingerprint density at radius 1 is 1.22 bits per heavy atom. The number of aliphatic hydroxyl groups excluding tert-OH is 1. The molecule has 46 heavy (non-hydrogen) atoms. The van der Waals surface area contributed by atoms with Crippen LogP contribution in [-0.2, 0) is 38.2 Å². The van der Waals surface area contributed by atoms with Gasteiger partial charge in [-0.1, -0.05) is 45.3 Å². The maximum absolute atomic E-state index is 14.2. The summed E-state index contributed by atoms with van der Waals surface area (Å²) in [7, 11) is 0. The molecule has 1 saturated heterocycles. The normalized spacial score (nSPS) is 37.3. The van der Waals surface area contributed by atoms with Gasteiger partial charge in [0.05, 0.1) is 18.8 Å². The van der Waals surface area contributed by atoms with E-state index in [4.69, 9.17) is 14.2 Å². The Balaban J connectivity index is 1.24. The van der Waals surface area contributed by atoms with Gasteiger partial charge in [0.15, 0.2) is 24.3 Å². The van der Waals surface area contributed by atoms with E-state index in [9.17, 15) is 34.4 Å². The Morgan fingerprint density at radius 2 is 2.00 bits per heavy atom. The van der Waals surface area contributed by atoms with Gasteiger partial charge in [0.25, 0.3) is 5.09 Å². The van der Waals surface area contributed by atoms with Crippen LogP contribution in [0.4, 0.5) is 0 Å². The molecule has 13 nitrogen and oxygen atoms in total. The average Bonchev–Trinajstić information content (AvgIpc) is 3.48. The first-order valence-corrected chi connectivity index (χ1v) is 16.5. The number of amides is 1. The summed E-state index contributed by atoms with van der Waals surface area (Å²) >= 11 is 0. The van der Waals surface area contributed by atoms with Crippen LogP contribution in [0, 0.1) is 38.7 Å². The van der Waals surface area contributed by atoms with E-state index in [1.807, 2.05) is 19.9 Å². The van der Waals surface area contributed by atoms with Gasteiger partial charge in [0.1, 0.15) is 6.54 Å². The van der Waals surface area contributed by atoms with Crippen LogP contribution in [-0.4, -0.2) is 77.5 Å². The molecule has 254 valence electrons. The topological polar surface area (TPSA) is 181 Å². The van der Waals surface area contributed by atoms with E-state index in [1.54, 1.807) is 12.2 Å². The zero-order chi connectivity index (χ0) is 33.3. The van der Waals surface area contributed by atoms with Gasteiger partial charge in [-0.05, 0) is 68.9 Å². The van der Waals surface area contributed by atoms with Gasteiger partial charge in [0, 0.05) is 23.2 Å². The van der Waals surface area contributed by atoms with Crippen molar-refractivity contribution < 1.29 is 48.4 Å². The number of ether oxygens (including phenoxy) is 3. The number of hydrogen-bond acceptors (Lipinski definition) is 11. The Hall–Kier alpha value is -3.16. The number of carbonyl (C=O) groups is 4. The lowest BCUT2D eigenvalue weighted by molar-refractivity contribution is -0.757. The molecular formula is C33H46N2O11. The summed E-state index contributed by atoms with van der Waals surface area (Å²) in [5, 5.41) is 23.6. The molecule has 0 spiro atoms. The van der Waals surface area contributed by atoms with Gasteiger partial charge in [0.2, 0.25) is 11.7 Å². The molecule has 0 aromatic rings. The first kappa shape index (κ1) is 34.2. The highest BCUT2D eigenvalue weighted by molar-refractivity contribution is 6.01. The maximum atomic E-state index is 14.2. The van der Waals surface area contributed by atoms with Gasteiger partial charge in [-0.3, -0.25) is 19.2 Å². The van der Waals surface area contributed by atoms with Crippen molar-refractivity contribution in [3.8, 4) is 0 Å². The van der Waals surface area contributed by atoms with E-state index in [1.165, 1.54) is 0 Å². The van der Waals surface area contributed by atoms with Gasteiger partial charge in [-0.25, -0.2) is 0 Å². The smallest absolute Gasteiger partial charge is 0.325 e. The first-order chi connectivity index (χ1) is 21.9. The second-order valence-electron chi connectivity index (χ2n) is 13.9. The summed E-state index contributed by atoms with van der Waals surface area (Å²) in [6.07, 6.45) is 8.71. The quantitative estimate of drug-likeness (QED) is 0.122. The van der Waals surface area contributed by atoms with Crippen LogP contribution < -0.4 is 5.32 Å². The van der Waals surface area contributed by atoms with Crippen molar-refractivity contribution in [1.82, 2.24) is 5.32 Å². The summed E-state index contributed by atoms with van der Waals surface area (Å²) in [4.78, 5) is 65.5. The second-order valence-corrected chi connectivity index (χ2v) is 13.9. The number of hydrogen-bond donors (Lipinski definition) is 2. The van der Waals surface area contributed by atoms with Crippen molar-refractivity contribution in [2.24, 2.45) is 28.6 Å². The fourth-order valence-corrected chi connectivity index (χ4v) is 9.27. The van der Waals surface area contributed by atoms with Crippen LogP contribution in [0.2, 0.25) is 0 Å². The third kappa shape index (κ3) is 6.13. The van der Waals surface area contributed by atoms with Crippen molar-refractivity contribution in [2.75, 3.05) is 19.8 Å². The number of allylic oxidation sites excluding steroid dienone is 4. The maximum Gasteiger partial charge on any atom is 0.325 e. The number of nitrogens with one attached hydrogen (secondary N) is 1. The minimum absolute atomic E-state index is 0.00271. The van der Waals surface area contributed by atoms with Crippen LogP contribution in [0.5, 0.6) is 0 Å². The molecule has 2 N–H and O–H groups in total. The van der Waals surface area contributed by atoms with E-state index >= 15 is 0 Å². The molecule has 13 heteroatoms. The molecule has 0 bridgehead atoms. The fourth-order valence-electron chi connectivity index (χ4n) is 9.27. The first-order valence-electron chi connectivity index (χ1n) is 16.5. The summed E-state index contributed by atoms with van der Waals surface area (Å²) in [6.45, 7) is 5.11. The molecule has 4 unspecified atom stereocenters. The predicted molar refractivity (Wildman–Crippen MR) is 161 cm³/mol. The number of Topliss-reactive ketones (excluding diaryl/α,β-unsaturated/α-hetero) is 1. The molecule has 1 heterocycles. The molecule has 5 aliphatic rings. The molecule has 4 fully saturated rings. The lowest BCUT2D eigenvalue weighted by atomic mass is 9.46. The number of esters is 1. The number of carbonyl (C=O) groups excluding carboxylic acids is 4. The van der Waals surface area contributed by atoms with Gasteiger partial charge >= 0.3 is 5.97 Å². The summed E-state index contributed by atoms with van der Waals surface area (Å²) in [6, 6.07) is 0. The number of aliphatic hydroxyl groups is 1. The number of rotatable bonds is 14. The van der Waals surface area contributed by atoms with Crippen LogP contribution in [0.3, 0.4) is 0 Å². The van der Waals surface area contributed by atoms with Crippen LogP contribution in [0.1, 0.15) is 85.0 Å². The molecule has 5 rings (SSSR count). The minimum Gasteiger partial charge on any atom is -0.456 e. The monoisotopic (exact) mass is 646 g/mol. The molecule has 3 saturated carbocycles. The number of nitrogens with zero attached hydrogens (tertiary/aromatic N) is 1. The largest absolute Gasteiger partial charge is 0.456 e. The highest BCUT2D eigenvalue weighted by Gasteiger charge is 2.75. The molecular weight excluding hydrogens is 600 g/mol. The van der Waals surface area contributed by atoms with Crippen molar-refractivity contribution in [3.63, 3.8) is 0 Å². The molecule has 0 aromatic carbocycles. The second kappa shape index (κ2) is 13.5. The Morgan fingerprint density at radius 3 is 2.74 bits per heavy atom. The molecule has 0 radical (unpaired) electrons. The number of unbranched alkanes of at least 4 members (excludes halogenated alkanes) is 2. The lowest BCUT2D eigenvalue weighted by Gasteiger charge is -2.59. The lowest BCUT2D eigenvalue weighted by Crippen LogP contribution is -2.63. The SMILES string of the molecule is CCCC1O[C@@H]2CC3C4CCC5=CC(=O)C=C[C@]5(C)C4[C@@H](O)C[C@]3(C)[C@@]2(C(=O)COC(=O)CNC(=O)CCCCCO[N+](=O)[O-])O1. The molecule has 0 aromatic heterocycles. The number of fused-ring (bicyclic) bond motifs is 7. The highest BCUT2D eigenvalue weighted by Crippen LogP contribution is 2.69. The minimum atomic E-state index is -1.40. The molecule has 1 amide bonds. The summed E-state index contributed by atoms with van der Waals surface area (Å²) in [5.74, 6) is -1.63. The van der Waals surface area contributed by atoms with Gasteiger partial charge in [-0.2, -0.15) is 0 Å². The van der Waals surface area contributed by atoms with Crippen molar-refractivity contribution in [1.29, 1.82) is 0 Å². The Labute approximate surface area is 268 Å². The Kier molecular flexibility index (Phi) is 10.0. The van der Waals surface area contributed by atoms with E-state index in [0.29, 0.717) is 38.5 Å². The third-order valence-corrected chi connectivity index (χ3v) is 11.3. The van der Waals surface area contributed by atoms with Gasteiger partial charge < -0.3 is 29.5 Å². The van der Waals surface area contributed by atoms with E-state index in [-0.39, 0.29) is 42.5 Å². The van der Waals surface area contributed by atoms with Crippen molar-refractivity contribution >= 4 is 23.4 Å². The predicted octanol–water partition coefficient (Wildman–Crippen LogP) is 3.15. The van der Waals surface area contributed by atoms with Crippen molar-refractivity contribution in [3.05, 3.63) is 33.9 Å². The highest BCUT2D eigenvalue weighted by atomic mass is 16.9. The Bertz CT molecular complexity index is 1300. The average molecular weight is 647 g/mol. The molecule has 9 atom stereocenters. The van der Waals surface area contributed by atoms with Crippen LogP contribution in [0.15, 0.2) is 23.8 Å². The van der Waals surface area contributed by atoms with Crippen LogP contribution >= 0.6 is 0 Å².